The molecule has 0 amide bonds. The summed E-state index contributed by atoms with van der Waals surface area (Å²) in [5.74, 6) is -0.334. The van der Waals surface area contributed by atoms with Gasteiger partial charge in [0.1, 0.15) is 0 Å². The number of aliphatic hydroxyl groups excluding tert-OH is 4. The molecule has 4 fully saturated rings. The summed E-state index contributed by atoms with van der Waals surface area (Å²) < 4.78 is 0. The van der Waals surface area contributed by atoms with Crippen LogP contribution in [-0.4, -0.2) is 55.9 Å². The first kappa shape index (κ1) is 25.4. The molecule has 190 valence electrons. The van der Waals surface area contributed by atoms with Crippen LogP contribution in [-0.2, 0) is 4.79 Å². The average molecular weight is 467 g/mol. The van der Waals surface area contributed by atoms with Crippen molar-refractivity contribution in [2.24, 2.45) is 52.3 Å². The number of hydrogen-bond donors (Lipinski definition) is 5. The third-order valence-corrected chi connectivity index (χ3v) is 11.3. The standard InChI is InChI=1S/C27H46O6/c1-14(25(32)33)5-6-20(29)15(2)24-22(31)13-19-23-18(8-10-27(19,24)4)26(3)9-7-17(28)11-16(26)12-21(23)30/h14-24,28-31H,5-13H2,1-4H3,(H,32,33)/t14?,15-,16+,17-,18+,19+,20+,21-,22-,23-,24+,26+,27+/m1/s1. The lowest BCUT2D eigenvalue weighted by Gasteiger charge is -2.62. The van der Waals surface area contributed by atoms with Gasteiger partial charge in [0.2, 0.25) is 0 Å². The summed E-state index contributed by atoms with van der Waals surface area (Å²) in [6.07, 6.45) is 5.14. The van der Waals surface area contributed by atoms with Gasteiger partial charge in [-0.2, -0.15) is 0 Å². The van der Waals surface area contributed by atoms with Crippen LogP contribution in [0.25, 0.3) is 0 Å². The average Bonchev–Trinajstić information content (AvgIpc) is 3.02. The van der Waals surface area contributed by atoms with Crippen LogP contribution in [0.15, 0.2) is 0 Å². The first-order valence-electron chi connectivity index (χ1n) is 13.3. The fourth-order valence-corrected chi connectivity index (χ4v) is 9.25. The SMILES string of the molecule is CC(CC[C@H](O)[C@@H](C)[C@H]1[C@H](O)C[C@H]2[C@@H]3[C@H](O)C[C@@H]4C[C@H](O)CC[C@]4(C)[C@H]3CC[C@]12C)C(=O)O. The fourth-order valence-electron chi connectivity index (χ4n) is 9.25. The van der Waals surface area contributed by atoms with E-state index >= 15 is 0 Å². The number of carbonyl (C=O) groups is 1. The van der Waals surface area contributed by atoms with Crippen molar-refractivity contribution >= 4 is 5.97 Å². The molecule has 6 heteroatoms. The molecule has 0 bridgehead atoms. The monoisotopic (exact) mass is 466 g/mol. The molecule has 4 saturated carbocycles. The lowest BCUT2D eigenvalue weighted by atomic mass is 9.43. The summed E-state index contributed by atoms with van der Waals surface area (Å²) in [7, 11) is 0. The highest BCUT2D eigenvalue weighted by Gasteiger charge is 2.65. The molecule has 0 aromatic carbocycles. The van der Waals surface area contributed by atoms with E-state index in [0.717, 1.165) is 38.5 Å². The molecule has 1 unspecified atom stereocenters. The Morgan fingerprint density at radius 2 is 1.58 bits per heavy atom. The smallest absolute Gasteiger partial charge is 0.306 e. The van der Waals surface area contributed by atoms with Crippen molar-refractivity contribution in [1.29, 1.82) is 0 Å². The van der Waals surface area contributed by atoms with Crippen LogP contribution in [0, 0.1) is 52.3 Å². The number of hydrogen-bond acceptors (Lipinski definition) is 5. The largest absolute Gasteiger partial charge is 0.481 e. The van der Waals surface area contributed by atoms with Crippen LogP contribution in [0.4, 0.5) is 0 Å². The van der Waals surface area contributed by atoms with Gasteiger partial charge in [0.15, 0.2) is 0 Å². The normalized spacial score (nSPS) is 49.9. The van der Waals surface area contributed by atoms with Gasteiger partial charge in [0.25, 0.3) is 0 Å². The molecule has 0 saturated heterocycles. The minimum Gasteiger partial charge on any atom is -0.481 e. The van der Waals surface area contributed by atoms with E-state index in [1.807, 2.05) is 6.92 Å². The van der Waals surface area contributed by atoms with Gasteiger partial charge in [-0.05, 0) is 104 Å². The van der Waals surface area contributed by atoms with Crippen LogP contribution in [0.3, 0.4) is 0 Å². The quantitative estimate of drug-likeness (QED) is 0.409. The third kappa shape index (κ3) is 4.17. The second kappa shape index (κ2) is 9.07. The van der Waals surface area contributed by atoms with Crippen molar-refractivity contribution < 1.29 is 30.3 Å². The van der Waals surface area contributed by atoms with Crippen molar-refractivity contribution in [3.63, 3.8) is 0 Å². The summed E-state index contributed by atoms with van der Waals surface area (Å²) in [4.78, 5) is 11.2. The zero-order valence-corrected chi connectivity index (χ0v) is 20.9. The van der Waals surface area contributed by atoms with Gasteiger partial charge in [-0.15, -0.1) is 0 Å². The van der Waals surface area contributed by atoms with Gasteiger partial charge in [0.05, 0.1) is 30.3 Å². The van der Waals surface area contributed by atoms with Crippen molar-refractivity contribution in [2.45, 2.75) is 110 Å². The van der Waals surface area contributed by atoms with Crippen LogP contribution in [0.1, 0.15) is 85.5 Å². The van der Waals surface area contributed by atoms with Crippen LogP contribution < -0.4 is 0 Å². The lowest BCUT2D eigenvalue weighted by molar-refractivity contribution is -0.176. The molecule has 13 atom stereocenters. The van der Waals surface area contributed by atoms with Gasteiger partial charge in [-0.3, -0.25) is 4.79 Å². The van der Waals surface area contributed by atoms with Gasteiger partial charge in [0, 0.05) is 0 Å². The molecule has 0 radical (unpaired) electrons. The molecule has 0 aromatic rings. The van der Waals surface area contributed by atoms with E-state index in [1.54, 1.807) is 6.92 Å². The maximum absolute atomic E-state index is 11.4. The Hall–Kier alpha value is -0.690. The van der Waals surface area contributed by atoms with E-state index in [4.69, 9.17) is 0 Å². The van der Waals surface area contributed by atoms with E-state index in [0.29, 0.717) is 31.1 Å². The van der Waals surface area contributed by atoms with Gasteiger partial charge in [-0.25, -0.2) is 0 Å². The number of aliphatic hydroxyl groups is 4. The van der Waals surface area contributed by atoms with Crippen molar-refractivity contribution in [3.05, 3.63) is 0 Å². The summed E-state index contributed by atoms with van der Waals surface area (Å²) in [6.45, 7) is 8.34. The summed E-state index contributed by atoms with van der Waals surface area (Å²) >= 11 is 0. The maximum atomic E-state index is 11.4. The van der Waals surface area contributed by atoms with Crippen molar-refractivity contribution in [3.8, 4) is 0 Å². The Kier molecular flexibility index (Phi) is 6.98. The Bertz CT molecular complexity index is 727. The van der Waals surface area contributed by atoms with E-state index < -0.39 is 30.2 Å². The molecule has 0 aromatic heterocycles. The van der Waals surface area contributed by atoms with Crippen molar-refractivity contribution in [1.82, 2.24) is 0 Å². The number of aliphatic carboxylic acids is 1. The van der Waals surface area contributed by atoms with Crippen LogP contribution in [0.5, 0.6) is 0 Å². The van der Waals surface area contributed by atoms with E-state index in [2.05, 4.69) is 13.8 Å². The highest BCUT2D eigenvalue weighted by molar-refractivity contribution is 5.69. The first-order valence-corrected chi connectivity index (χ1v) is 13.3. The molecular formula is C27H46O6. The number of rotatable bonds is 6. The maximum Gasteiger partial charge on any atom is 0.306 e. The number of fused-ring (bicyclic) bond motifs is 5. The Morgan fingerprint density at radius 1 is 0.909 bits per heavy atom. The molecule has 0 heterocycles. The minimum atomic E-state index is -0.839. The van der Waals surface area contributed by atoms with Crippen LogP contribution in [0.2, 0.25) is 0 Å². The Morgan fingerprint density at radius 3 is 2.24 bits per heavy atom. The molecule has 4 rings (SSSR count). The summed E-state index contributed by atoms with van der Waals surface area (Å²) in [5.41, 5.74) is 0.00332. The predicted octanol–water partition coefficient (Wildman–Crippen LogP) is 3.45. The molecule has 4 aliphatic carbocycles. The second-order valence-electron chi connectivity index (χ2n) is 12.8. The molecule has 0 spiro atoms. The molecule has 5 N–H and O–H groups in total. The Balaban J connectivity index is 1.53. The highest BCUT2D eigenvalue weighted by atomic mass is 16.4. The van der Waals surface area contributed by atoms with E-state index in [-0.39, 0.29) is 40.6 Å². The first-order chi connectivity index (χ1) is 15.4. The minimum absolute atomic E-state index is 0.0514. The molecular weight excluding hydrogens is 420 g/mol. The van der Waals surface area contributed by atoms with Gasteiger partial charge < -0.3 is 25.5 Å². The molecule has 33 heavy (non-hydrogen) atoms. The molecule has 0 aliphatic heterocycles. The third-order valence-electron chi connectivity index (χ3n) is 11.3. The van der Waals surface area contributed by atoms with E-state index in [1.165, 1.54) is 0 Å². The van der Waals surface area contributed by atoms with Crippen molar-refractivity contribution in [2.75, 3.05) is 0 Å². The highest BCUT2D eigenvalue weighted by Crippen LogP contribution is 2.68. The summed E-state index contributed by atoms with van der Waals surface area (Å²) in [5, 5.41) is 53.0. The second-order valence-corrected chi connectivity index (χ2v) is 12.8. The molecule has 4 aliphatic rings. The molecule has 6 nitrogen and oxygen atoms in total. The predicted molar refractivity (Wildman–Crippen MR) is 125 cm³/mol. The zero-order chi connectivity index (χ0) is 24.3. The fraction of sp³-hybridized carbons (Fsp3) is 0.963. The van der Waals surface area contributed by atoms with Crippen LogP contribution >= 0.6 is 0 Å². The zero-order valence-electron chi connectivity index (χ0n) is 20.9. The number of carboxylic acids is 1. The Labute approximate surface area is 198 Å². The van der Waals surface area contributed by atoms with Gasteiger partial charge in [-0.1, -0.05) is 27.7 Å². The summed E-state index contributed by atoms with van der Waals surface area (Å²) in [6, 6.07) is 0. The van der Waals surface area contributed by atoms with Gasteiger partial charge >= 0.3 is 5.97 Å². The number of carboxylic acid groups (broad SMARTS) is 1. The topological polar surface area (TPSA) is 118 Å². The van der Waals surface area contributed by atoms with E-state index in [9.17, 15) is 30.3 Å². The lowest BCUT2D eigenvalue weighted by Crippen LogP contribution is -2.58.